The number of hydrogen-bond donors (Lipinski definition) is 1. The third kappa shape index (κ3) is 2.80. The van der Waals surface area contributed by atoms with Crippen LogP contribution in [-0.2, 0) is 0 Å². The van der Waals surface area contributed by atoms with Gasteiger partial charge in [0.2, 0.25) is 0 Å². The topological polar surface area (TPSA) is 46.3 Å². The maximum Gasteiger partial charge on any atom is 0.282 e. The quantitative estimate of drug-likeness (QED) is 0.341. The molecule has 0 saturated heterocycles. The Morgan fingerprint density at radius 2 is 1.52 bits per heavy atom. The minimum absolute atomic E-state index is 0.0739. The van der Waals surface area contributed by atoms with Crippen LogP contribution < -0.4 is 0 Å². The molecule has 0 aliphatic carbocycles. The van der Waals surface area contributed by atoms with Crippen LogP contribution in [0.3, 0.4) is 0 Å². The molecule has 0 aliphatic rings. The van der Waals surface area contributed by atoms with Gasteiger partial charge >= 0.3 is 0 Å². The van der Waals surface area contributed by atoms with Crippen LogP contribution >= 0.6 is 11.3 Å². The van der Waals surface area contributed by atoms with Crippen molar-refractivity contribution in [1.82, 2.24) is 0 Å². The van der Waals surface area contributed by atoms with Crippen molar-refractivity contribution in [1.29, 1.82) is 0 Å². The summed E-state index contributed by atoms with van der Waals surface area (Å²) < 4.78 is 0. The van der Waals surface area contributed by atoms with Crippen molar-refractivity contribution in [3.05, 3.63) is 88.4 Å². The molecule has 3 nitrogen and oxygen atoms in total. The molecule has 0 spiro atoms. The Bertz CT molecular complexity index is 743. The van der Waals surface area contributed by atoms with Gasteiger partial charge in [0, 0.05) is 9.78 Å². The summed E-state index contributed by atoms with van der Waals surface area (Å²) in [5, 5.41) is 22.9. The summed E-state index contributed by atoms with van der Waals surface area (Å²) in [7, 11) is 0. The average Bonchev–Trinajstić information content (AvgIpc) is 3.03. The van der Waals surface area contributed by atoms with Gasteiger partial charge in [0.1, 0.15) is 0 Å². The predicted molar refractivity (Wildman–Crippen MR) is 84.8 cm³/mol. The van der Waals surface area contributed by atoms with Gasteiger partial charge in [0.05, 0.1) is 11.1 Å². The molecular weight excluding hydrogens is 282 g/mol. The summed E-state index contributed by atoms with van der Waals surface area (Å²) in [5.41, 5.74) is 2.70. The van der Waals surface area contributed by atoms with Crippen molar-refractivity contribution in [2.75, 3.05) is 0 Å². The van der Waals surface area contributed by atoms with E-state index in [1.165, 1.54) is 4.88 Å². The molecule has 2 aromatic carbocycles. The first-order valence-corrected chi connectivity index (χ1v) is 7.36. The Kier molecular flexibility index (Phi) is 3.71. The van der Waals surface area contributed by atoms with Crippen LogP contribution in [0.25, 0.3) is 10.4 Å². The molecule has 1 N–H and O–H groups in total. The van der Waals surface area contributed by atoms with Gasteiger partial charge in [-0.2, -0.15) is 0 Å². The van der Waals surface area contributed by atoms with Gasteiger partial charge in [-0.25, -0.2) is 0 Å². The molecule has 4 heteroatoms. The Morgan fingerprint density at radius 3 is 2.10 bits per heavy atom. The summed E-state index contributed by atoms with van der Waals surface area (Å²) in [6.07, 6.45) is 0. The van der Waals surface area contributed by atoms with E-state index in [2.05, 4.69) is 0 Å². The second-order valence-corrected chi connectivity index (χ2v) is 5.49. The number of benzene rings is 2. The number of rotatable bonds is 3. The highest BCUT2D eigenvalue weighted by Crippen LogP contribution is 2.25. The first-order chi connectivity index (χ1) is 10.3. The first kappa shape index (κ1) is 13.4. The fourth-order valence-electron chi connectivity index (χ4n) is 2.22. The Balaban J connectivity index is 2.01. The van der Waals surface area contributed by atoms with Crippen LogP contribution in [-0.4, -0.2) is 15.8 Å². The maximum atomic E-state index is 11.5. The predicted octanol–water partition coefficient (Wildman–Crippen LogP) is 4.15. The van der Waals surface area contributed by atoms with E-state index >= 15 is 0 Å². The summed E-state index contributed by atoms with van der Waals surface area (Å²) >= 11 is 1.66. The van der Waals surface area contributed by atoms with E-state index in [0.717, 1.165) is 5.56 Å². The van der Waals surface area contributed by atoms with Crippen LogP contribution in [0.1, 0.15) is 11.1 Å². The average molecular weight is 295 g/mol. The van der Waals surface area contributed by atoms with Crippen LogP contribution in [0.15, 0.2) is 72.1 Å². The molecule has 3 aromatic rings. The molecule has 0 aliphatic heterocycles. The van der Waals surface area contributed by atoms with Gasteiger partial charge in [-0.3, -0.25) is 5.21 Å². The first-order valence-electron chi connectivity index (χ1n) is 6.48. The largest absolute Gasteiger partial charge is 0.417 e. The van der Waals surface area contributed by atoms with Gasteiger partial charge in [-0.15, -0.1) is 11.3 Å². The zero-order valence-electron chi connectivity index (χ0n) is 11.1. The van der Waals surface area contributed by atoms with E-state index in [1.54, 1.807) is 23.5 Å². The lowest BCUT2D eigenvalue weighted by molar-refractivity contribution is -0.725. The van der Waals surface area contributed by atoms with Crippen molar-refractivity contribution in [2.45, 2.75) is 0 Å². The summed E-state index contributed by atoms with van der Waals surface area (Å²) in [6.45, 7) is 0. The van der Waals surface area contributed by atoms with Gasteiger partial charge in [-0.1, -0.05) is 36.4 Å². The van der Waals surface area contributed by atoms with Crippen LogP contribution in [0.5, 0.6) is 0 Å². The Labute approximate surface area is 126 Å². The van der Waals surface area contributed by atoms with Gasteiger partial charge in [-0.05, 0) is 41.3 Å². The summed E-state index contributed by atoms with van der Waals surface area (Å²) in [6, 6.07) is 20.8. The smallest absolute Gasteiger partial charge is 0.282 e. The number of thiophene rings is 1. The number of hydrogen-bond acceptors (Lipinski definition) is 3. The minimum atomic E-state index is -0.0739. The highest BCUT2D eigenvalue weighted by atomic mass is 32.1. The highest BCUT2D eigenvalue weighted by molar-refractivity contribution is 7.13. The maximum absolute atomic E-state index is 11.5. The third-order valence-corrected chi connectivity index (χ3v) is 4.12. The van der Waals surface area contributed by atoms with Crippen molar-refractivity contribution in [2.24, 2.45) is 0 Å². The van der Waals surface area contributed by atoms with E-state index in [1.807, 2.05) is 60.0 Å². The molecule has 0 fully saturated rings. The standard InChI is InChI=1S/C17H13NO2S/c19-18(20)17(14-5-2-1-3-6-14)15-10-8-13(9-11-15)16-7-4-12-21-16/h1-12H,(H,19,20). The lowest BCUT2D eigenvalue weighted by atomic mass is 10.0. The Morgan fingerprint density at radius 1 is 0.857 bits per heavy atom. The molecule has 0 saturated carbocycles. The van der Waals surface area contributed by atoms with Gasteiger partial charge in [0.25, 0.3) is 5.71 Å². The molecule has 104 valence electrons. The molecule has 0 unspecified atom stereocenters. The SMILES string of the molecule is [O-][N+](O)=C(c1ccccc1)c1ccc(-c2cccs2)cc1. The normalized spacial score (nSPS) is 12.0. The molecule has 3 rings (SSSR count). The summed E-state index contributed by atoms with van der Waals surface area (Å²) in [5.74, 6) is 0. The molecule has 0 radical (unpaired) electrons. The van der Waals surface area contributed by atoms with Crippen LogP contribution in [0.4, 0.5) is 0 Å². The lowest BCUT2D eigenvalue weighted by Crippen LogP contribution is -2.15. The fourth-order valence-corrected chi connectivity index (χ4v) is 2.95. The van der Waals surface area contributed by atoms with E-state index in [9.17, 15) is 10.4 Å². The molecule has 0 atom stereocenters. The van der Waals surface area contributed by atoms with E-state index in [-0.39, 0.29) is 10.6 Å². The molecular formula is C17H13NO2S. The molecule has 1 heterocycles. The van der Waals surface area contributed by atoms with Crippen LogP contribution in [0, 0.1) is 5.21 Å². The second kappa shape index (κ2) is 5.81. The van der Waals surface area contributed by atoms with Crippen molar-refractivity contribution in [3.63, 3.8) is 0 Å². The molecule has 1 aromatic heterocycles. The van der Waals surface area contributed by atoms with E-state index in [4.69, 9.17) is 0 Å². The van der Waals surface area contributed by atoms with Gasteiger partial charge in [0.15, 0.2) is 0 Å². The zero-order chi connectivity index (χ0) is 14.7. The van der Waals surface area contributed by atoms with Crippen molar-refractivity contribution >= 4 is 17.0 Å². The third-order valence-electron chi connectivity index (χ3n) is 3.20. The van der Waals surface area contributed by atoms with E-state index < -0.39 is 0 Å². The summed E-state index contributed by atoms with van der Waals surface area (Å²) in [4.78, 5) is 1.10. The monoisotopic (exact) mass is 295 g/mol. The molecule has 0 bridgehead atoms. The molecule has 21 heavy (non-hydrogen) atoms. The minimum Gasteiger partial charge on any atom is -0.417 e. The van der Waals surface area contributed by atoms with Gasteiger partial charge < -0.3 is 5.21 Å². The zero-order valence-corrected chi connectivity index (χ0v) is 12.0. The lowest BCUT2D eigenvalue weighted by Gasteiger charge is -2.04. The Hall–Kier alpha value is -2.59. The number of nitrogens with zero attached hydrogens (tertiary/aromatic N) is 1. The highest BCUT2D eigenvalue weighted by Gasteiger charge is 2.17. The van der Waals surface area contributed by atoms with Crippen molar-refractivity contribution in [3.8, 4) is 10.4 Å². The van der Waals surface area contributed by atoms with Crippen LogP contribution in [0.2, 0.25) is 0 Å². The van der Waals surface area contributed by atoms with E-state index in [0.29, 0.717) is 11.1 Å². The second-order valence-electron chi connectivity index (χ2n) is 4.54. The fraction of sp³-hybridized carbons (Fsp3) is 0. The van der Waals surface area contributed by atoms with Crippen molar-refractivity contribution < 1.29 is 10.1 Å². The molecule has 0 amide bonds.